The molecule has 7 heteroatoms. The number of rotatable bonds is 2. The summed E-state index contributed by atoms with van der Waals surface area (Å²) >= 11 is 6.02. The van der Waals surface area contributed by atoms with Crippen molar-refractivity contribution in [2.24, 2.45) is 5.73 Å². The van der Waals surface area contributed by atoms with Crippen molar-refractivity contribution in [1.82, 2.24) is 9.97 Å². The van der Waals surface area contributed by atoms with Gasteiger partial charge in [-0.25, -0.2) is 4.98 Å². The maximum atomic E-state index is 6.02. The monoisotopic (exact) mass is 313 g/mol. The Morgan fingerprint density at radius 3 is 2.85 bits per heavy atom. The molecule has 0 bridgehead atoms. The van der Waals surface area contributed by atoms with Gasteiger partial charge in [-0.05, 0) is 24.6 Å². The van der Waals surface area contributed by atoms with Crippen molar-refractivity contribution in [3.63, 3.8) is 0 Å². The minimum Gasteiger partial charge on any atom is -0.372 e. The minimum atomic E-state index is 0. The number of hydrogen-bond donors (Lipinski definition) is 2. The molecule has 0 saturated carbocycles. The van der Waals surface area contributed by atoms with Crippen LogP contribution in [0.3, 0.4) is 0 Å². The summed E-state index contributed by atoms with van der Waals surface area (Å²) < 4.78 is 0. The SMILES string of the molecule is CNc1nc(N2CC[C@@H](N)C2)nc2ccc(Cl)cc12.Cl. The van der Waals surface area contributed by atoms with E-state index >= 15 is 0 Å². The Labute approximate surface area is 128 Å². The third kappa shape index (κ3) is 2.75. The van der Waals surface area contributed by atoms with E-state index in [1.165, 1.54) is 0 Å². The first-order chi connectivity index (χ1) is 9.17. The summed E-state index contributed by atoms with van der Waals surface area (Å²) in [7, 11) is 1.85. The number of benzene rings is 1. The molecule has 0 radical (unpaired) electrons. The van der Waals surface area contributed by atoms with Gasteiger partial charge >= 0.3 is 0 Å². The number of nitrogens with one attached hydrogen (secondary N) is 1. The predicted molar refractivity (Wildman–Crippen MR) is 86.1 cm³/mol. The number of halogens is 2. The predicted octanol–water partition coefficient (Wildman–Crippen LogP) is 2.28. The molecule has 5 nitrogen and oxygen atoms in total. The topological polar surface area (TPSA) is 67.1 Å². The van der Waals surface area contributed by atoms with Gasteiger partial charge in [0.1, 0.15) is 5.82 Å². The van der Waals surface area contributed by atoms with Crippen molar-refractivity contribution in [1.29, 1.82) is 0 Å². The summed E-state index contributed by atoms with van der Waals surface area (Å²) in [6.07, 6.45) is 0.983. The van der Waals surface area contributed by atoms with Crippen LogP contribution in [0.5, 0.6) is 0 Å². The van der Waals surface area contributed by atoms with Gasteiger partial charge < -0.3 is 16.0 Å². The Morgan fingerprint density at radius 2 is 2.20 bits per heavy atom. The summed E-state index contributed by atoms with van der Waals surface area (Å²) in [5.41, 5.74) is 6.82. The van der Waals surface area contributed by atoms with Crippen LogP contribution in [0, 0.1) is 0 Å². The molecule has 2 aromatic rings. The lowest BCUT2D eigenvalue weighted by molar-refractivity contribution is 0.750. The zero-order valence-corrected chi connectivity index (χ0v) is 12.7. The summed E-state index contributed by atoms with van der Waals surface area (Å²) in [5, 5.41) is 4.72. The lowest BCUT2D eigenvalue weighted by Gasteiger charge is -2.17. The van der Waals surface area contributed by atoms with Crippen LogP contribution in [-0.4, -0.2) is 36.1 Å². The molecule has 0 aliphatic carbocycles. The average molecular weight is 314 g/mol. The molecule has 0 spiro atoms. The molecular weight excluding hydrogens is 297 g/mol. The second-order valence-corrected chi connectivity index (χ2v) is 5.21. The Balaban J connectivity index is 0.00000147. The van der Waals surface area contributed by atoms with Gasteiger partial charge in [-0.3, -0.25) is 0 Å². The van der Waals surface area contributed by atoms with Crippen molar-refractivity contribution >= 4 is 46.7 Å². The lowest BCUT2D eigenvalue weighted by Crippen LogP contribution is -2.27. The van der Waals surface area contributed by atoms with Crippen LogP contribution in [0.4, 0.5) is 11.8 Å². The molecule has 1 aliphatic rings. The number of nitrogens with two attached hydrogens (primary N) is 1. The van der Waals surface area contributed by atoms with E-state index in [1.807, 2.05) is 25.2 Å². The molecule has 1 saturated heterocycles. The molecule has 0 amide bonds. The van der Waals surface area contributed by atoms with Crippen LogP contribution < -0.4 is 16.0 Å². The molecule has 1 atom stereocenters. The lowest BCUT2D eigenvalue weighted by atomic mass is 10.2. The highest BCUT2D eigenvalue weighted by molar-refractivity contribution is 6.31. The Hall–Kier alpha value is -1.30. The van der Waals surface area contributed by atoms with Gasteiger partial charge in [0.05, 0.1) is 5.52 Å². The number of hydrogen-bond acceptors (Lipinski definition) is 5. The summed E-state index contributed by atoms with van der Waals surface area (Å²) in [6, 6.07) is 5.85. The molecule has 2 heterocycles. The first kappa shape index (κ1) is 15.1. The normalized spacial score (nSPS) is 18.1. The van der Waals surface area contributed by atoms with Crippen molar-refractivity contribution in [2.45, 2.75) is 12.5 Å². The van der Waals surface area contributed by atoms with E-state index in [0.29, 0.717) is 5.02 Å². The van der Waals surface area contributed by atoms with E-state index < -0.39 is 0 Å². The van der Waals surface area contributed by atoms with Crippen LogP contribution in [-0.2, 0) is 0 Å². The molecule has 108 valence electrons. The van der Waals surface area contributed by atoms with Gasteiger partial charge in [-0.15, -0.1) is 12.4 Å². The van der Waals surface area contributed by atoms with Crippen molar-refractivity contribution in [2.75, 3.05) is 30.4 Å². The number of fused-ring (bicyclic) bond motifs is 1. The van der Waals surface area contributed by atoms with E-state index in [1.54, 1.807) is 0 Å². The summed E-state index contributed by atoms with van der Waals surface area (Å²) in [5.74, 6) is 1.52. The van der Waals surface area contributed by atoms with Crippen molar-refractivity contribution in [3.05, 3.63) is 23.2 Å². The summed E-state index contributed by atoms with van der Waals surface area (Å²) in [6.45, 7) is 1.71. The van der Waals surface area contributed by atoms with E-state index in [-0.39, 0.29) is 18.4 Å². The second-order valence-electron chi connectivity index (χ2n) is 4.78. The molecule has 1 aromatic heterocycles. The fraction of sp³-hybridized carbons (Fsp3) is 0.385. The molecule has 3 N–H and O–H groups in total. The quantitative estimate of drug-likeness (QED) is 0.890. The van der Waals surface area contributed by atoms with Crippen LogP contribution in [0.15, 0.2) is 18.2 Å². The highest BCUT2D eigenvalue weighted by Gasteiger charge is 2.22. The molecule has 20 heavy (non-hydrogen) atoms. The van der Waals surface area contributed by atoms with Gasteiger partial charge in [-0.2, -0.15) is 4.98 Å². The fourth-order valence-electron chi connectivity index (χ4n) is 2.39. The van der Waals surface area contributed by atoms with Crippen LogP contribution >= 0.6 is 24.0 Å². The standard InChI is InChI=1S/C13H16ClN5.ClH/c1-16-12-10-6-8(14)2-3-11(10)17-13(18-12)19-5-4-9(15)7-19;/h2-3,6,9H,4-5,7,15H2,1H3,(H,16,17,18);1H/t9-;/m1./s1. The molecular formula is C13H17Cl2N5. The van der Waals surface area contributed by atoms with Crippen molar-refractivity contribution < 1.29 is 0 Å². The average Bonchev–Trinajstić information content (AvgIpc) is 2.84. The first-order valence-electron chi connectivity index (χ1n) is 6.33. The fourth-order valence-corrected chi connectivity index (χ4v) is 2.56. The zero-order valence-electron chi connectivity index (χ0n) is 11.1. The van der Waals surface area contributed by atoms with E-state index in [9.17, 15) is 0 Å². The third-order valence-corrected chi connectivity index (χ3v) is 3.63. The first-order valence-corrected chi connectivity index (χ1v) is 6.71. The van der Waals surface area contributed by atoms with Gasteiger partial charge in [-0.1, -0.05) is 11.6 Å². The van der Waals surface area contributed by atoms with Crippen molar-refractivity contribution in [3.8, 4) is 0 Å². The number of anilines is 2. The highest BCUT2D eigenvalue weighted by Crippen LogP contribution is 2.27. The van der Waals surface area contributed by atoms with Gasteiger partial charge in [0.25, 0.3) is 0 Å². The number of nitrogens with zero attached hydrogens (tertiary/aromatic N) is 3. The highest BCUT2D eigenvalue weighted by atomic mass is 35.5. The Bertz CT molecular complexity index is 619. The third-order valence-electron chi connectivity index (χ3n) is 3.39. The van der Waals surface area contributed by atoms with Crippen LogP contribution in [0.25, 0.3) is 10.9 Å². The van der Waals surface area contributed by atoms with Crippen LogP contribution in [0.2, 0.25) is 5.02 Å². The van der Waals surface area contributed by atoms with Gasteiger partial charge in [0.15, 0.2) is 0 Å². The zero-order chi connectivity index (χ0) is 13.4. The molecule has 0 unspecified atom stereocenters. The summed E-state index contributed by atoms with van der Waals surface area (Å²) in [4.78, 5) is 11.3. The van der Waals surface area contributed by atoms with Crippen LogP contribution in [0.1, 0.15) is 6.42 Å². The smallest absolute Gasteiger partial charge is 0.227 e. The molecule has 1 aromatic carbocycles. The minimum absolute atomic E-state index is 0. The Kier molecular flexibility index (Phi) is 4.52. The van der Waals surface area contributed by atoms with E-state index in [4.69, 9.17) is 17.3 Å². The molecule has 3 rings (SSSR count). The van der Waals surface area contributed by atoms with Gasteiger partial charge in [0, 0.05) is 36.6 Å². The van der Waals surface area contributed by atoms with Gasteiger partial charge in [0.2, 0.25) is 5.95 Å². The number of aromatic nitrogens is 2. The largest absolute Gasteiger partial charge is 0.372 e. The maximum absolute atomic E-state index is 6.02. The van der Waals surface area contributed by atoms with E-state index in [0.717, 1.165) is 42.2 Å². The second kappa shape index (κ2) is 5.99. The molecule has 1 fully saturated rings. The van der Waals surface area contributed by atoms with E-state index in [2.05, 4.69) is 20.2 Å². The molecule has 1 aliphatic heterocycles. The maximum Gasteiger partial charge on any atom is 0.227 e. The Morgan fingerprint density at radius 1 is 1.40 bits per heavy atom.